The van der Waals surface area contributed by atoms with Crippen LogP contribution in [0, 0.1) is 5.41 Å². The Balaban J connectivity index is 2.23. The van der Waals surface area contributed by atoms with Gasteiger partial charge in [0.25, 0.3) is 0 Å². The van der Waals surface area contributed by atoms with Crippen molar-refractivity contribution in [3.63, 3.8) is 0 Å². The van der Waals surface area contributed by atoms with Crippen LogP contribution in [0.2, 0.25) is 0 Å². The monoisotopic (exact) mass is 226 g/mol. The molecule has 0 amide bonds. The molecular formula is C9H8NO4S+. The van der Waals surface area contributed by atoms with E-state index < -0.39 is 5.30 Å². The van der Waals surface area contributed by atoms with E-state index in [9.17, 15) is 4.79 Å². The molecule has 0 spiro atoms. The summed E-state index contributed by atoms with van der Waals surface area (Å²) in [6, 6.07) is 4.86. The van der Waals surface area contributed by atoms with Gasteiger partial charge in [-0.1, -0.05) is 0 Å². The number of carbonyl (C=O) groups excluding carboxylic acids is 1. The minimum absolute atomic E-state index is 0.171. The lowest BCUT2D eigenvalue weighted by Gasteiger charge is -2.01. The molecule has 0 saturated heterocycles. The average Bonchev–Trinajstić information content (AvgIpc) is 2.62. The molecule has 6 heteroatoms. The van der Waals surface area contributed by atoms with Gasteiger partial charge in [0, 0.05) is 5.56 Å². The van der Waals surface area contributed by atoms with E-state index in [1.807, 2.05) is 0 Å². The van der Waals surface area contributed by atoms with Crippen LogP contribution in [0.25, 0.3) is 0 Å². The Morgan fingerprint density at radius 2 is 2.13 bits per heavy atom. The molecule has 1 aliphatic rings. The first-order valence-electron chi connectivity index (χ1n) is 4.09. The lowest BCUT2D eigenvalue weighted by Crippen LogP contribution is -2.08. The van der Waals surface area contributed by atoms with Crippen molar-refractivity contribution in [2.24, 2.45) is 0 Å². The van der Waals surface area contributed by atoms with Gasteiger partial charge in [0.15, 0.2) is 11.5 Å². The Kier molecular flexibility index (Phi) is 2.51. The highest BCUT2D eigenvalue weighted by Crippen LogP contribution is 2.32. The topological polar surface area (TPSA) is 68.6 Å². The van der Waals surface area contributed by atoms with Gasteiger partial charge in [0.2, 0.25) is 12.7 Å². The van der Waals surface area contributed by atoms with Crippen molar-refractivity contribution in [2.75, 3.05) is 6.79 Å². The summed E-state index contributed by atoms with van der Waals surface area (Å²) in [6.07, 6.45) is 0. The van der Waals surface area contributed by atoms with Crippen LogP contribution in [0.1, 0.15) is 5.56 Å². The van der Waals surface area contributed by atoms with Gasteiger partial charge in [0.1, 0.15) is 0 Å². The second-order valence-electron chi connectivity index (χ2n) is 2.79. The molecule has 1 heterocycles. The Hall–Kier alpha value is -1.69. The molecule has 0 radical (unpaired) electrons. The number of nitrogens with one attached hydrogen (secondary N) is 1. The molecule has 0 aromatic heterocycles. The van der Waals surface area contributed by atoms with E-state index in [2.05, 4.69) is 17.4 Å². The fourth-order valence-corrected chi connectivity index (χ4v) is 1.29. The maximum atomic E-state index is 10.6. The Labute approximate surface area is 90.9 Å². The largest absolute Gasteiger partial charge is 0.527 e. The molecule has 0 saturated carbocycles. The maximum Gasteiger partial charge on any atom is 0.527 e. The highest BCUT2D eigenvalue weighted by molar-refractivity contribution is 7.76. The molecule has 0 atom stereocenters. The van der Waals surface area contributed by atoms with Gasteiger partial charge in [0.05, 0.1) is 12.6 Å². The number of hydrogen-bond donors (Lipinski definition) is 1. The number of carbonyl (C=O) groups is 1. The third kappa shape index (κ3) is 2.04. The summed E-state index contributed by atoms with van der Waals surface area (Å²) in [6.45, 7) is 0.171. The van der Waals surface area contributed by atoms with Gasteiger partial charge in [-0.15, -0.1) is 0 Å². The smallest absolute Gasteiger partial charge is 0.454 e. The molecule has 1 N–H and O–H groups in total. The molecule has 78 valence electrons. The first-order valence-corrected chi connectivity index (χ1v) is 4.59. The molecule has 0 aliphatic carbocycles. The van der Waals surface area contributed by atoms with Crippen LogP contribution < -0.4 is 9.47 Å². The fourth-order valence-electron chi connectivity index (χ4n) is 1.19. The lowest BCUT2D eigenvalue weighted by molar-refractivity contribution is 0.174. The number of benzene rings is 1. The molecule has 1 aromatic rings. The number of ether oxygens (including phenoxy) is 3. The molecule has 5 nitrogen and oxygen atoms in total. The van der Waals surface area contributed by atoms with E-state index in [1.54, 1.807) is 18.2 Å². The van der Waals surface area contributed by atoms with Crippen molar-refractivity contribution in [1.82, 2.24) is 0 Å². The maximum absolute atomic E-state index is 10.6. The Morgan fingerprint density at radius 3 is 2.87 bits per heavy atom. The third-order valence-corrected chi connectivity index (χ3v) is 1.93. The van der Waals surface area contributed by atoms with Crippen molar-refractivity contribution < 1.29 is 19.0 Å². The second kappa shape index (κ2) is 3.82. The van der Waals surface area contributed by atoms with E-state index >= 15 is 0 Å². The van der Waals surface area contributed by atoms with Gasteiger partial charge in [-0.2, -0.15) is 4.79 Å². The number of fused-ring (bicyclic) bond motifs is 1. The van der Waals surface area contributed by atoms with Gasteiger partial charge >= 0.3 is 5.30 Å². The molecule has 0 bridgehead atoms. The minimum Gasteiger partial charge on any atom is -0.454 e. The summed E-state index contributed by atoms with van der Waals surface area (Å²) in [4.78, 5) is 10.6. The third-order valence-electron chi connectivity index (χ3n) is 1.83. The number of rotatable bonds is 1. The molecule has 1 aliphatic heterocycles. The highest BCUT2D eigenvalue weighted by Gasteiger charge is 2.16. The minimum atomic E-state index is -0.710. The summed E-state index contributed by atoms with van der Waals surface area (Å²) in [5.41, 5.74) is 0.450. The van der Waals surface area contributed by atoms with Gasteiger partial charge < -0.3 is 14.2 Å². The van der Waals surface area contributed by atoms with Crippen molar-refractivity contribution in [3.8, 4) is 11.5 Å². The van der Waals surface area contributed by atoms with E-state index in [-0.39, 0.29) is 12.7 Å². The van der Waals surface area contributed by atoms with E-state index in [0.29, 0.717) is 17.1 Å². The Bertz CT molecular complexity index is 432. The summed E-state index contributed by atoms with van der Waals surface area (Å²) in [5, 5.41) is 6.74. The molecule has 0 fully saturated rings. The van der Waals surface area contributed by atoms with Gasteiger partial charge in [-0.25, -0.2) is 0 Å². The zero-order valence-corrected chi connectivity index (χ0v) is 8.57. The van der Waals surface area contributed by atoms with Gasteiger partial charge in [-0.3, -0.25) is 5.41 Å². The Morgan fingerprint density at radius 1 is 1.40 bits per heavy atom. The first-order chi connectivity index (χ1) is 7.16. The number of hydrogen-bond acceptors (Lipinski definition) is 5. The van der Waals surface area contributed by atoms with Crippen molar-refractivity contribution in [2.45, 2.75) is 0 Å². The highest BCUT2D eigenvalue weighted by atomic mass is 32.1. The van der Waals surface area contributed by atoms with Crippen LogP contribution in [0.4, 0.5) is 4.79 Å². The summed E-state index contributed by atoms with van der Waals surface area (Å²) < 4.78 is 14.8. The molecular weight excluding hydrogens is 218 g/mol. The van der Waals surface area contributed by atoms with E-state index in [0.717, 1.165) is 0 Å². The van der Waals surface area contributed by atoms with Gasteiger partial charge in [-0.05, 0) is 18.2 Å². The van der Waals surface area contributed by atoms with Crippen molar-refractivity contribution in [1.29, 1.82) is 5.41 Å². The second-order valence-corrected chi connectivity index (χ2v) is 3.19. The standard InChI is InChI=1S/C9H7NO4S/c10-8(14-9(11)15)5-1-2-6-7(3-5)13-4-12-6/h1-3,10H,4H2,(H,11,15)/p+1. The van der Waals surface area contributed by atoms with Crippen LogP contribution in [0.3, 0.4) is 0 Å². The van der Waals surface area contributed by atoms with Crippen LogP contribution in [0.15, 0.2) is 18.2 Å². The SMILES string of the molecule is N=C(OC(=O)[SH2+])c1ccc2c(c1)OCO2. The van der Waals surface area contributed by atoms with Crippen LogP contribution in [-0.4, -0.2) is 18.0 Å². The predicted octanol–water partition coefficient (Wildman–Crippen LogP) is 0.889. The van der Waals surface area contributed by atoms with Crippen molar-refractivity contribution in [3.05, 3.63) is 23.8 Å². The summed E-state index contributed by atoms with van der Waals surface area (Å²) >= 11 is 2.63. The zero-order chi connectivity index (χ0) is 10.8. The van der Waals surface area contributed by atoms with Crippen LogP contribution >= 0.6 is 0 Å². The quantitative estimate of drug-likeness (QED) is 0.334. The average molecular weight is 226 g/mol. The van der Waals surface area contributed by atoms with Crippen LogP contribution in [0.5, 0.6) is 11.5 Å². The summed E-state index contributed by atoms with van der Waals surface area (Å²) in [7, 11) is 0. The van der Waals surface area contributed by atoms with Crippen LogP contribution in [-0.2, 0) is 17.4 Å². The molecule has 2 rings (SSSR count). The predicted molar refractivity (Wildman–Crippen MR) is 56.0 cm³/mol. The summed E-state index contributed by atoms with van der Waals surface area (Å²) in [5.74, 6) is 0.923. The van der Waals surface area contributed by atoms with E-state index in [1.165, 1.54) is 0 Å². The van der Waals surface area contributed by atoms with Crippen molar-refractivity contribution >= 4 is 23.8 Å². The van der Waals surface area contributed by atoms with E-state index in [4.69, 9.17) is 14.9 Å². The first kappa shape index (κ1) is 9.85. The fraction of sp³-hybridized carbons (Fsp3) is 0.111. The molecule has 1 aromatic carbocycles. The lowest BCUT2D eigenvalue weighted by atomic mass is 10.2. The molecule has 0 unspecified atom stereocenters. The normalized spacial score (nSPS) is 12.3. The molecule has 15 heavy (non-hydrogen) atoms. The zero-order valence-electron chi connectivity index (χ0n) is 7.57.